The summed E-state index contributed by atoms with van der Waals surface area (Å²) < 4.78 is 0. The first-order chi connectivity index (χ1) is 14.0. The molecule has 2 aromatic rings. The molecular formula is C25H36O4. The highest BCUT2D eigenvalue weighted by Crippen LogP contribution is 2.33. The fourth-order valence-electron chi connectivity index (χ4n) is 3.91. The third-order valence-corrected chi connectivity index (χ3v) is 5.32. The monoisotopic (exact) mass is 400 g/mol. The number of hydrogen-bond donors (Lipinski definition) is 4. The van der Waals surface area contributed by atoms with Gasteiger partial charge in [-0.3, -0.25) is 0 Å². The molecule has 0 radical (unpaired) electrons. The number of aliphatic hydroxyl groups excluding tert-OH is 2. The summed E-state index contributed by atoms with van der Waals surface area (Å²) in [6.07, 6.45) is 6.87. The first-order valence-corrected chi connectivity index (χ1v) is 10.9. The van der Waals surface area contributed by atoms with Crippen molar-refractivity contribution in [1.82, 2.24) is 0 Å². The van der Waals surface area contributed by atoms with Gasteiger partial charge in [-0.1, -0.05) is 51.0 Å². The molecule has 160 valence electrons. The summed E-state index contributed by atoms with van der Waals surface area (Å²) in [5.41, 5.74) is 5.73. The van der Waals surface area contributed by atoms with Crippen LogP contribution in [0.2, 0.25) is 0 Å². The average Bonchev–Trinajstić information content (AvgIpc) is 2.71. The Morgan fingerprint density at radius 2 is 0.966 bits per heavy atom. The molecule has 0 spiro atoms. The normalized spacial score (nSPS) is 11.2. The minimum atomic E-state index is 0.146. The van der Waals surface area contributed by atoms with Gasteiger partial charge in [-0.05, 0) is 71.9 Å². The van der Waals surface area contributed by atoms with Crippen LogP contribution >= 0.6 is 0 Å². The van der Waals surface area contributed by atoms with E-state index in [0.29, 0.717) is 30.8 Å². The van der Waals surface area contributed by atoms with E-state index in [1.807, 2.05) is 24.3 Å². The van der Waals surface area contributed by atoms with Crippen LogP contribution in [0.1, 0.15) is 72.9 Å². The van der Waals surface area contributed by atoms with Crippen molar-refractivity contribution in [3.63, 3.8) is 0 Å². The van der Waals surface area contributed by atoms with Crippen molar-refractivity contribution < 1.29 is 20.4 Å². The maximum absolute atomic E-state index is 10.8. The van der Waals surface area contributed by atoms with E-state index < -0.39 is 0 Å². The van der Waals surface area contributed by atoms with E-state index in [1.165, 1.54) is 0 Å². The van der Waals surface area contributed by atoms with Gasteiger partial charge in [0.15, 0.2) is 0 Å². The molecule has 0 aliphatic heterocycles. The topological polar surface area (TPSA) is 80.9 Å². The van der Waals surface area contributed by atoms with E-state index in [1.54, 1.807) is 0 Å². The molecule has 0 unspecified atom stereocenters. The van der Waals surface area contributed by atoms with Gasteiger partial charge in [0, 0.05) is 19.6 Å². The lowest BCUT2D eigenvalue weighted by atomic mass is 9.91. The molecule has 2 aromatic carbocycles. The molecule has 4 heteroatoms. The van der Waals surface area contributed by atoms with Gasteiger partial charge < -0.3 is 20.4 Å². The van der Waals surface area contributed by atoms with Crippen LogP contribution in [0.3, 0.4) is 0 Å². The van der Waals surface area contributed by atoms with Crippen LogP contribution in [-0.4, -0.2) is 33.6 Å². The fourth-order valence-corrected chi connectivity index (χ4v) is 3.91. The number of rotatable bonds is 12. The molecule has 4 N–H and O–H groups in total. The molecular weight excluding hydrogens is 364 g/mol. The summed E-state index contributed by atoms with van der Waals surface area (Å²) in [5, 5.41) is 40.0. The molecule has 0 aliphatic carbocycles. The van der Waals surface area contributed by atoms with E-state index >= 15 is 0 Å². The minimum absolute atomic E-state index is 0.146. The quantitative estimate of drug-likeness (QED) is 0.424. The predicted octanol–water partition coefficient (Wildman–Crippen LogP) is 4.44. The van der Waals surface area contributed by atoms with E-state index in [2.05, 4.69) is 13.8 Å². The molecule has 0 aliphatic rings. The maximum atomic E-state index is 10.8. The molecule has 0 bridgehead atoms. The largest absolute Gasteiger partial charge is 0.507 e. The molecule has 4 nitrogen and oxygen atoms in total. The Hall–Kier alpha value is -2.04. The molecule has 0 fully saturated rings. The summed E-state index contributed by atoms with van der Waals surface area (Å²) in [5.74, 6) is 0.633. The third kappa shape index (κ3) is 6.48. The lowest BCUT2D eigenvalue weighted by molar-refractivity contribution is 0.288. The third-order valence-electron chi connectivity index (χ3n) is 5.32. The van der Waals surface area contributed by atoms with Crippen molar-refractivity contribution in [3.8, 4) is 11.5 Å². The van der Waals surface area contributed by atoms with Gasteiger partial charge in [0.25, 0.3) is 0 Å². The highest BCUT2D eigenvalue weighted by atomic mass is 16.3. The summed E-state index contributed by atoms with van der Waals surface area (Å²) in [6.45, 7) is 4.47. The number of aromatic hydroxyl groups is 2. The van der Waals surface area contributed by atoms with Crippen molar-refractivity contribution in [1.29, 1.82) is 0 Å². The van der Waals surface area contributed by atoms with Crippen molar-refractivity contribution in [2.24, 2.45) is 0 Å². The Labute approximate surface area is 174 Å². The van der Waals surface area contributed by atoms with Gasteiger partial charge >= 0.3 is 0 Å². The first kappa shape index (κ1) is 23.2. The zero-order chi connectivity index (χ0) is 21.2. The Balaban J connectivity index is 2.44. The van der Waals surface area contributed by atoms with Crippen LogP contribution in [-0.2, 0) is 32.1 Å². The van der Waals surface area contributed by atoms with Gasteiger partial charge in [-0.15, -0.1) is 0 Å². The van der Waals surface area contributed by atoms with Gasteiger partial charge in [0.05, 0.1) is 0 Å². The van der Waals surface area contributed by atoms with E-state index in [-0.39, 0.29) is 13.2 Å². The van der Waals surface area contributed by atoms with Crippen LogP contribution in [0.25, 0.3) is 0 Å². The van der Waals surface area contributed by atoms with E-state index in [9.17, 15) is 20.4 Å². The minimum Gasteiger partial charge on any atom is -0.507 e. The number of aryl methyl sites for hydroxylation is 4. The van der Waals surface area contributed by atoms with E-state index in [0.717, 1.165) is 71.9 Å². The van der Waals surface area contributed by atoms with E-state index in [4.69, 9.17) is 0 Å². The van der Waals surface area contributed by atoms with Gasteiger partial charge in [0.1, 0.15) is 11.5 Å². The summed E-state index contributed by atoms with van der Waals surface area (Å²) in [7, 11) is 0. The number of aliphatic hydroxyl groups is 2. The zero-order valence-corrected chi connectivity index (χ0v) is 17.9. The first-order valence-electron chi connectivity index (χ1n) is 10.9. The fraction of sp³-hybridized carbons (Fsp3) is 0.520. The van der Waals surface area contributed by atoms with Crippen molar-refractivity contribution >= 4 is 0 Å². The van der Waals surface area contributed by atoms with Gasteiger partial charge in [-0.2, -0.15) is 0 Å². The Morgan fingerprint density at radius 3 is 1.31 bits per heavy atom. The standard InChI is InChI=1S/C25H36O4/c1-3-7-20-13-18(9-5-11-26)15-22(24(20)28)17-23-16-19(10-6-12-27)14-21(8-4-2)25(23)29/h13-16,26-29H,3-12,17H2,1-2H3. The molecule has 0 saturated heterocycles. The van der Waals surface area contributed by atoms with Crippen LogP contribution in [0.5, 0.6) is 11.5 Å². The number of benzene rings is 2. The second-order valence-corrected chi connectivity index (χ2v) is 7.86. The van der Waals surface area contributed by atoms with Crippen LogP contribution < -0.4 is 0 Å². The number of hydrogen-bond acceptors (Lipinski definition) is 4. The van der Waals surface area contributed by atoms with Crippen molar-refractivity contribution in [2.75, 3.05) is 13.2 Å². The van der Waals surface area contributed by atoms with Crippen molar-refractivity contribution in [2.45, 2.75) is 71.6 Å². The molecule has 29 heavy (non-hydrogen) atoms. The Morgan fingerprint density at radius 1 is 0.586 bits per heavy atom. The van der Waals surface area contributed by atoms with Crippen LogP contribution in [0, 0.1) is 0 Å². The van der Waals surface area contributed by atoms with Crippen LogP contribution in [0.4, 0.5) is 0 Å². The Bertz CT molecular complexity index is 717. The lowest BCUT2D eigenvalue weighted by Gasteiger charge is -2.16. The van der Waals surface area contributed by atoms with Gasteiger partial charge in [0.2, 0.25) is 0 Å². The van der Waals surface area contributed by atoms with Crippen molar-refractivity contribution in [3.05, 3.63) is 57.6 Å². The summed E-state index contributed by atoms with van der Waals surface area (Å²) in [4.78, 5) is 0. The number of phenols is 2. The molecule has 0 heterocycles. The Kier molecular flexibility index (Phi) is 9.49. The second-order valence-electron chi connectivity index (χ2n) is 7.86. The smallest absolute Gasteiger partial charge is 0.122 e. The van der Waals surface area contributed by atoms with Gasteiger partial charge in [-0.25, -0.2) is 0 Å². The molecule has 0 amide bonds. The second kappa shape index (κ2) is 11.8. The summed E-state index contributed by atoms with van der Waals surface area (Å²) >= 11 is 0. The van der Waals surface area contributed by atoms with Crippen LogP contribution in [0.15, 0.2) is 24.3 Å². The maximum Gasteiger partial charge on any atom is 0.122 e. The molecule has 0 saturated carbocycles. The lowest BCUT2D eigenvalue weighted by Crippen LogP contribution is -2.01. The number of phenolic OH excluding ortho intramolecular Hbond substituents is 2. The summed E-state index contributed by atoms with van der Waals surface area (Å²) in [6, 6.07) is 8.09. The molecule has 2 rings (SSSR count). The molecule has 0 atom stereocenters. The molecule has 0 aromatic heterocycles. The predicted molar refractivity (Wildman–Crippen MR) is 118 cm³/mol. The SMILES string of the molecule is CCCc1cc(CCCO)cc(Cc2cc(CCCO)cc(CCC)c2O)c1O. The highest BCUT2D eigenvalue weighted by Gasteiger charge is 2.15. The highest BCUT2D eigenvalue weighted by molar-refractivity contribution is 5.51. The average molecular weight is 401 g/mol. The zero-order valence-electron chi connectivity index (χ0n) is 17.9.